The summed E-state index contributed by atoms with van der Waals surface area (Å²) < 4.78 is 9.54. The molecule has 10 heteroatoms. The Bertz CT molecular complexity index is 1170. The number of halogens is 2. The number of nitrogens with zero attached hydrogens (tertiary/aromatic N) is 1. The smallest absolute Gasteiger partial charge is 0.337 e. The predicted octanol–water partition coefficient (Wildman–Crippen LogP) is 4.45. The van der Waals surface area contributed by atoms with Crippen molar-refractivity contribution < 1.29 is 23.9 Å². The van der Waals surface area contributed by atoms with Crippen LogP contribution in [0.2, 0.25) is 10.0 Å². The fraction of sp³-hybridized carbons (Fsp3) is 0.217. The molecule has 7 nitrogen and oxygen atoms in total. The Balaban J connectivity index is 2.01. The van der Waals surface area contributed by atoms with Crippen LogP contribution < -0.4 is 5.32 Å². The molecule has 0 spiro atoms. The lowest BCUT2D eigenvalue weighted by atomic mass is 9.78. The molecule has 0 bridgehead atoms. The summed E-state index contributed by atoms with van der Waals surface area (Å²) >= 11 is 13.3. The molecule has 1 amide bonds. The zero-order chi connectivity index (χ0) is 24.1. The Morgan fingerprint density at radius 3 is 2.36 bits per heavy atom. The summed E-state index contributed by atoms with van der Waals surface area (Å²) in [5.74, 6) is -3.63. The highest BCUT2D eigenvalue weighted by molar-refractivity contribution is 8.02. The largest absolute Gasteiger partial charge is 0.468 e. The van der Waals surface area contributed by atoms with E-state index in [2.05, 4.69) is 11.4 Å². The second-order valence-electron chi connectivity index (χ2n) is 6.97. The summed E-state index contributed by atoms with van der Waals surface area (Å²) in [7, 11) is 2.44. The minimum Gasteiger partial charge on any atom is -0.468 e. The Kier molecular flexibility index (Phi) is 8.03. The minimum absolute atomic E-state index is 0.209. The summed E-state index contributed by atoms with van der Waals surface area (Å²) in [6.45, 7) is 0. The van der Waals surface area contributed by atoms with Gasteiger partial charge in [0.1, 0.15) is 5.92 Å². The van der Waals surface area contributed by atoms with Gasteiger partial charge in [0, 0.05) is 11.7 Å². The van der Waals surface area contributed by atoms with Gasteiger partial charge in [-0.15, -0.1) is 11.8 Å². The molecule has 3 rings (SSSR count). The lowest BCUT2D eigenvalue weighted by Crippen LogP contribution is -2.44. The second-order valence-corrected chi connectivity index (χ2v) is 8.77. The molecular formula is C23H18Cl2N2O5S. The molecule has 170 valence electrons. The van der Waals surface area contributed by atoms with Crippen molar-refractivity contribution in [3.05, 3.63) is 79.8 Å². The lowest BCUT2D eigenvalue weighted by Gasteiger charge is -2.31. The SMILES string of the molecule is COC(=O)c1ccc([C@H]2C(C#N)=C(SCc3ccc(Cl)c(Cl)c3)NC(=O)[C@H]2C(=O)OC)cc1. The number of nitriles is 1. The third kappa shape index (κ3) is 5.33. The van der Waals surface area contributed by atoms with Gasteiger partial charge in [-0.05, 0) is 35.4 Å². The first-order valence-corrected chi connectivity index (χ1v) is 11.3. The van der Waals surface area contributed by atoms with Crippen LogP contribution >= 0.6 is 35.0 Å². The van der Waals surface area contributed by atoms with Crippen molar-refractivity contribution in [1.29, 1.82) is 5.26 Å². The molecule has 0 unspecified atom stereocenters. The first kappa shape index (κ1) is 24.6. The maximum atomic E-state index is 12.9. The molecular weight excluding hydrogens is 487 g/mol. The number of amides is 1. The summed E-state index contributed by atoms with van der Waals surface area (Å²) in [6.07, 6.45) is 0. The van der Waals surface area contributed by atoms with Crippen molar-refractivity contribution in [1.82, 2.24) is 5.32 Å². The maximum Gasteiger partial charge on any atom is 0.337 e. The van der Waals surface area contributed by atoms with Crippen molar-refractivity contribution in [2.75, 3.05) is 14.2 Å². The van der Waals surface area contributed by atoms with Crippen molar-refractivity contribution in [3.63, 3.8) is 0 Å². The third-order valence-electron chi connectivity index (χ3n) is 5.04. The molecule has 1 heterocycles. The van der Waals surface area contributed by atoms with Gasteiger partial charge in [0.15, 0.2) is 0 Å². The van der Waals surface area contributed by atoms with Crippen LogP contribution in [-0.4, -0.2) is 32.1 Å². The Morgan fingerprint density at radius 1 is 1.09 bits per heavy atom. The highest BCUT2D eigenvalue weighted by atomic mass is 35.5. The zero-order valence-corrected chi connectivity index (χ0v) is 19.9. The number of hydrogen-bond acceptors (Lipinski definition) is 7. The lowest BCUT2D eigenvalue weighted by molar-refractivity contribution is -0.150. The van der Waals surface area contributed by atoms with Crippen molar-refractivity contribution in [3.8, 4) is 6.07 Å². The normalized spacial score (nSPS) is 17.7. The molecule has 0 aromatic heterocycles. The maximum absolute atomic E-state index is 12.9. The van der Waals surface area contributed by atoms with Crippen LogP contribution in [0.25, 0.3) is 0 Å². The fourth-order valence-corrected chi connectivity index (χ4v) is 4.72. The van der Waals surface area contributed by atoms with Gasteiger partial charge >= 0.3 is 11.9 Å². The van der Waals surface area contributed by atoms with Crippen LogP contribution in [-0.2, 0) is 24.8 Å². The van der Waals surface area contributed by atoms with Gasteiger partial charge < -0.3 is 14.8 Å². The molecule has 2 atom stereocenters. The van der Waals surface area contributed by atoms with Crippen molar-refractivity contribution in [2.45, 2.75) is 11.7 Å². The van der Waals surface area contributed by atoms with Crippen LogP contribution in [0.1, 0.15) is 27.4 Å². The highest BCUT2D eigenvalue weighted by Crippen LogP contribution is 2.41. The van der Waals surface area contributed by atoms with E-state index in [-0.39, 0.29) is 5.57 Å². The molecule has 33 heavy (non-hydrogen) atoms. The topological polar surface area (TPSA) is 105 Å². The van der Waals surface area contributed by atoms with E-state index in [0.29, 0.717) is 32.0 Å². The van der Waals surface area contributed by atoms with Gasteiger partial charge in [0.05, 0.1) is 46.5 Å². The molecule has 0 saturated carbocycles. The summed E-state index contributed by atoms with van der Waals surface area (Å²) in [4.78, 5) is 37.1. The van der Waals surface area contributed by atoms with E-state index in [9.17, 15) is 19.6 Å². The Morgan fingerprint density at radius 2 is 1.79 bits per heavy atom. The summed E-state index contributed by atoms with van der Waals surface area (Å²) in [5.41, 5.74) is 1.85. The quantitative estimate of drug-likeness (QED) is 0.457. The standard InChI is InChI=1S/C23H18Cl2N2O5S/c1-31-22(29)14-6-4-13(5-7-14)18-15(10-26)21(27-20(28)19(18)23(30)32-2)33-11-12-3-8-16(24)17(25)9-12/h3-9,18-19H,11H2,1-2H3,(H,27,28)/t18-,19-/m0/s1. The number of carbonyl (C=O) groups excluding carboxylic acids is 3. The van der Waals surface area contributed by atoms with Gasteiger partial charge in [0.2, 0.25) is 5.91 Å². The number of ether oxygens (including phenoxy) is 2. The molecule has 2 aromatic rings. The predicted molar refractivity (Wildman–Crippen MR) is 125 cm³/mol. The number of benzene rings is 2. The zero-order valence-electron chi connectivity index (χ0n) is 17.6. The second kappa shape index (κ2) is 10.8. The molecule has 0 radical (unpaired) electrons. The van der Waals surface area contributed by atoms with E-state index in [0.717, 1.165) is 5.56 Å². The number of esters is 2. The fourth-order valence-electron chi connectivity index (χ4n) is 3.41. The summed E-state index contributed by atoms with van der Waals surface area (Å²) in [6, 6.07) is 13.5. The van der Waals surface area contributed by atoms with Gasteiger partial charge in [-0.2, -0.15) is 5.26 Å². The molecule has 1 aliphatic heterocycles. The number of hydrogen-bond donors (Lipinski definition) is 1. The van der Waals surface area contributed by atoms with Crippen LogP contribution in [0.5, 0.6) is 0 Å². The van der Waals surface area contributed by atoms with Gasteiger partial charge in [-0.3, -0.25) is 9.59 Å². The first-order chi connectivity index (χ1) is 15.8. The number of methoxy groups -OCH3 is 2. The van der Waals surface area contributed by atoms with Crippen LogP contribution in [0.15, 0.2) is 53.1 Å². The monoisotopic (exact) mass is 504 g/mol. The van der Waals surface area contributed by atoms with Gasteiger partial charge in [-0.25, -0.2) is 4.79 Å². The van der Waals surface area contributed by atoms with E-state index >= 15 is 0 Å². The van der Waals surface area contributed by atoms with E-state index in [1.54, 1.807) is 30.3 Å². The average molecular weight is 505 g/mol. The van der Waals surface area contributed by atoms with E-state index in [4.69, 9.17) is 32.7 Å². The van der Waals surface area contributed by atoms with Crippen LogP contribution in [0.4, 0.5) is 0 Å². The summed E-state index contributed by atoms with van der Waals surface area (Å²) in [5, 5.41) is 13.8. The van der Waals surface area contributed by atoms with E-state index in [1.165, 1.54) is 38.1 Å². The first-order valence-electron chi connectivity index (χ1n) is 9.58. The van der Waals surface area contributed by atoms with E-state index < -0.39 is 29.7 Å². The number of thioether (sulfide) groups is 1. The molecule has 1 aliphatic rings. The number of rotatable bonds is 6. The highest BCUT2D eigenvalue weighted by Gasteiger charge is 2.44. The van der Waals surface area contributed by atoms with Crippen molar-refractivity contribution >= 4 is 52.8 Å². The number of allylic oxidation sites excluding steroid dienone is 1. The van der Waals surface area contributed by atoms with Crippen LogP contribution in [0.3, 0.4) is 0 Å². The minimum atomic E-state index is -1.26. The Labute approximate surface area is 204 Å². The number of carbonyl (C=O) groups is 3. The van der Waals surface area contributed by atoms with Gasteiger partial charge in [0.25, 0.3) is 0 Å². The molecule has 0 aliphatic carbocycles. The van der Waals surface area contributed by atoms with Crippen LogP contribution in [0, 0.1) is 17.2 Å². The molecule has 0 saturated heterocycles. The molecule has 0 fully saturated rings. The number of nitrogens with one attached hydrogen (secondary N) is 1. The molecule has 1 N–H and O–H groups in total. The van der Waals surface area contributed by atoms with E-state index in [1.807, 2.05) is 0 Å². The Hall–Kier alpha value is -2.99. The average Bonchev–Trinajstić information content (AvgIpc) is 2.83. The van der Waals surface area contributed by atoms with Crippen molar-refractivity contribution in [2.24, 2.45) is 5.92 Å². The third-order valence-corrected chi connectivity index (χ3v) is 6.87. The van der Waals surface area contributed by atoms with Gasteiger partial charge in [-0.1, -0.05) is 41.4 Å². The molecule has 2 aromatic carbocycles.